The summed E-state index contributed by atoms with van der Waals surface area (Å²) in [5.74, 6) is 0.255. The molecule has 0 radical (unpaired) electrons. The molecule has 0 aliphatic rings. The van der Waals surface area contributed by atoms with E-state index in [2.05, 4.69) is 20.0 Å². The van der Waals surface area contributed by atoms with Crippen molar-refractivity contribution in [3.63, 3.8) is 0 Å². The Bertz CT molecular complexity index is 1040. The number of hydrogen-bond donors (Lipinski definition) is 0. The molecular weight excluding hydrogens is 418 g/mol. The van der Waals surface area contributed by atoms with E-state index in [1.54, 1.807) is 32.9 Å². The Morgan fingerprint density at radius 2 is 2.07 bits per heavy atom. The number of azide groups is 1. The molecule has 2 aromatic heterocycles. The summed E-state index contributed by atoms with van der Waals surface area (Å²) in [5.41, 5.74) is 8.35. The van der Waals surface area contributed by atoms with E-state index in [1.807, 2.05) is 0 Å². The monoisotopic (exact) mass is 441 g/mol. The van der Waals surface area contributed by atoms with Gasteiger partial charge >= 0.3 is 0 Å². The largest absolute Gasteiger partial charge is 0.474 e. The van der Waals surface area contributed by atoms with Gasteiger partial charge in [0.05, 0.1) is 29.0 Å². The fraction of sp³-hybridized carbons (Fsp3) is 0.556. The minimum absolute atomic E-state index is 0.106. The first kappa shape index (κ1) is 23.2. The molecule has 2 rings (SSSR count). The van der Waals surface area contributed by atoms with Gasteiger partial charge in [0, 0.05) is 30.9 Å². The van der Waals surface area contributed by atoms with Gasteiger partial charge in [-0.15, -0.1) is 0 Å². The molecule has 0 saturated heterocycles. The van der Waals surface area contributed by atoms with Gasteiger partial charge in [-0.1, -0.05) is 16.7 Å². The third kappa shape index (κ3) is 5.70. The molecule has 2 aromatic rings. The van der Waals surface area contributed by atoms with E-state index in [1.165, 1.54) is 19.6 Å². The molecule has 0 saturated carbocycles. The fourth-order valence-corrected chi connectivity index (χ4v) is 3.66. The lowest BCUT2D eigenvalue weighted by Gasteiger charge is -2.25. The number of nitrogens with zero attached hydrogens (tertiary/aromatic N) is 5. The van der Waals surface area contributed by atoms with Crippen LogP contribution in [-0.2, 0) is 20.1 Å². The van der Waals surface area contributed by atoms with Gasteiger partial charge in [0.1, 0.15) is 20.5 Å². The van der Waals surface area contributed by atoms with Crippen molar-refractivity contribution in [3.8, 4) is 5.88 Å². The van der Waals surface area contributed by atoms with Crippen molar-refractivity contribution in [2.75, 3.05) is 20.0 Å². The zero-order valence-electron chi connectivity index (χ0n) is 17.0. The number of hydrogen-bond acceptors (Lipinski definition) is 7. The second kappa shape index (κ2) is 9.13. The summed E-state index contributed by atoms with van der Waals surface area (Å²) >= 11 is 6.04. The van der Waals surface area contributed by atoms with E-state index in [0.29, 0.717) is 22.9 Å². The maximum Gasteiger partial charge on any atom is 0.223 e. The highest BCUT2D eigenvalue weighted by atomic mass is 35.5. The molecular formula is C18H24ClN5O4S. The SMILES string of the molecule is COC[C@@](C)(N=[N+]=[N-])c1cc2cc(Cl)ncc2c(O[C@H](C)C[C@@H](C)S(C)(=O)=O)n1. The number of methoxy groups -OCH3 is 1. The number of sulfone groups is 1. The molecule has 29 heavy (non-hydrogen) atoms. The highest BCUT2D eigenvalue weighted by Crippen LogP contribution is 2.33. The Balaban J connectivity index is 2.54. The smallest absolute Gasteiger partial charge is 0.223 e. The lowest BCUT2D eigenvalue weighted by atomic mass is 9.98. The van der Waals surface area contributed by atoms with E-state index in [0.717, 1.165) is 0 Å². The van der Waals surface area contributed by atoms with E-state index < -0.39 is 26.7 Å². The number of pyridine rings is 2. The molecule has 0 aliphatic heterocycles. The van der Waals surface area contributed by atoms with Crippen LogP contribution in [0, 0.1) is 0 Å². The van der Waals surface area contributed by atoms with E-state index in [-0.39, 0.29) is 17.6 Å². The first-order valence-corrected chi connectivity index (χ1v) is 11.2. The first-order valence-electron chi connectivity index (χ1n) is 8.87. The summed E-state index contributed by atoms with van der Waals surface area (Å²) in [6.45, 7) is 5.21. The molecule has 158 valence electrons. The molecule has 0 spiro atoms. The Morgan fingerprint density at radius 3 is 2.66 bits per heavy atom. The number of aromatic nitrogens is 2. The number of ether oxygens (including phenoxy) is 2. The van der Waals surface area contributed by atoms with Crippen molar-refractivity contribution in [1.82, 2.24) is 9.97 Å². The normalized spacial score (nSPS) is 15.9. The Kier molecular flexibility index (Phi) is 7.29. The van der Waals surface area contributed by atoms with Gasteiger partial charge in [0.2, 0.25) is 5.88 Å². The van der Waals surface area contributed by atoms with Gasteiger partial charge in [-0.3, -0.25) is 0 Å². The molecule has 9 nitrogen and oxygen atoms in total. The molecule has 0 unspecified atom stereocenters. The maximum atomic E-state index is 11.7. The number of rotatable bonds is 9. The van der Waals surface area contributed by atoms with Crippen LogP contribution in [0.2, 0.25) is 5.15 Å². The van der Waals surface area contributed by atoms with Gasteiger partial charge < -0.3 is 9.47 Å². The summed E-state index contributed by atoms with van der Waals surface area (Å²) in [6, 6.07) is 3.40. The Morgan fingerprint density at radius 1 is 1.38 bits per heavy atom. The van der Waals surface area contributed by atoms with Crippen LogP contribution >= 0.6 is 11.6 Å². The number of fused-ring (bicyclic) bond motifs is 1. The van der Waals surface area contributed by atoms with Crippen LogP contribution in [0.15, 0.2) is 23.4 Å². The van der Waals surface area contributed by atoms with Crippen molar-refractivity contribution in [2.24, 2.45) is 5.11 Å². The molecule has 0 N–H and O–H groups in total. The minimum atomic E-state index is -3.19. The van der Waals surface area contributed by atoms with E-state index in [4.69, 9.17) is 26.6 Å². The average Bonchev–Trinajstić information content (AvgIpc) is 2.60. The second-order valence-electron chi connectivity index (χ2n) is 7.24. The van der Waals surface area contributed by atoms with Gasteiger partial charge in [-0.05, 0) is 43.8 Å². The molecule has 11 heteroatoms. The van der Waals surface area contributed by atoms with Crippen LogP contribution in [0.5, 0.6) is 5.88 Å². The van der Waals surface area contributed by atoms with Crippen molar-refractivity contribution in [2.45, 2.75) is 44.1 Å². The van der Waals surface area contributed by atoms with Crippen LogP contribution in [-0.4, -0.2) is 49.7 Å². The van der Waals surface area contributed by atoms with Crippen LogP contribution in [0.4, 0.5) is 0 Å². The van der Waals surface area contributed by atoms with Gasteiger partial charge in [-0.25, -0.2) is 18.4 Å². The van der Waals surface area contributed by atoms with E-state index in [9.17, 15) is 8.42 Å². The quantitative estimate of drug-likeness (QED) is 0.250. The van der Waals surface area contributed by atoms with Crippen molar-refractivity contribution >= 4 is 32.2 Å². The van der Waals surface area contributed by atoms with Crippen molar-refractivity contribution < 1.29 is 17.9 Å². The Labute approximate surface area is 174 Å². The first-order chi connectivity index (χ1) is 13.5. The molecule has 0 fully saturated rings. The van der Waals surface area contributed by atoms with E-state index >= 15 is 0 Å². The zero-order valence-corrected chi connectivity index (χ0v) is 18.5. The van der Waals surface area contributed by atoms with Crippen LogP contribution in [0.3, 0.4) is 0 Å². The average molecular weight is 442 g/mol. The second-order valence-corrected chi connectivity index (χ2v) is 10.1. The van der Waals surface area contributed by atoms with Crippen LogP contribution in [0.1, 0.15) is 32.9 Å². The molecule has 0 aromatic carbocycles. The van der Waals surface area contributed by atoms with Gasteiger partial charge in [-0.2, -0.15) is 0 Å². The summed E-state index contributed by atoms with van der Waals surface area (Å²) < 4.78 is 34.7. The lowest BCUT2D eigenvalue weighted by molar-refractivity contribution is 0.138. The topological polar surface area (TPSA) is 127 Å². The lowest BCUT2D eigenvalue weighted by Crippen LogP contribution is -2.27. The summed E-state index contributed by atoms with van der Waals surface area (Å²) in [6.07, 6.45) is 2.59. The molecule has 0 bridgehead atoms. The molecule has 2 heterocycles. The maximum absolute atomic E-state index is 11.7. The highest BCUT2D eigenvalue weighted by molar-refractivity contribution is 7.91. The molecule has 3 atom stereocenters. The summed E-state index contributed by atoms with van der Waals surface area (Å²) in [4.78, 5) is 11.5. The fourth-order valence-electron chi connectivity index (χ4n) is 2.87. The zero-order chi connectivity index (χ0) is 21.8. The van der Waals surface area contributed by atoms with Gasteiger partial charge in [0.15, 0.2) is 0 Å². The Hall–Kier alpha value is -2.13. The predicted molar refractivity (Wildman–Crippen MR) is 112 cm³/mol. The van der Waals surface area contributed by atoms with Crippen molar-refractivity contribution in [1.29, 1.82) is 0 Å². The standard InChI is InChI=1S/C18H24ClN5O4S/c1-11(6-12(2)29(5,25)26)28-17-14-9-21-16(19)8-13(14)7-15(22-17)18(3,10-27-4)23-24-20/h7-9,11-12H,6,10H2,1-5H3/t11-,12-,18-/m1/s1. The highest BCUT2D eigenvalue weighted by Gasteiger charge is 2.29. The molecule has 0 aliphatic carbocycles. The van der Waals surface area contributed by atoms with Gasteiger partial charge in [0.25, 0.3) is 0 Å². The minimum Gasteiger partial charge on any atom is -0.474 e. The van der Waals surface area contributed by atoms with Crippen LogP contribution < -0.4 is 4.74 Å². The van der Waals surface area contributed by atoms with Crippen LogP contribution in [0.25, 0.3) is 21.2 Å². The van der Waals surface area contributed by atoms with Crippen molar-refractivity contribution in [3.05, 3.63) is 39.6 Å². The summed E-state index contributed by atoms with van der Waals surface area (Å²) in [5, 5.41) is 4.88. The predicted octanol–water partition coefficient (Wildman–Crippen LogP) is 4.05. The summed E-state index contributed by atoms with van der Waals surface area (Å²) in [7, 11) is -1.69. The third-order valence-corrected chi connectivity index (χ3v) is 6.46. The number of halogens is 1. The third-order valence-electron chi connectivity index (χ3n) is 4.60. The molecule has 0 amide bonds.